The van der Waals surface area contributed by atoms with Crippen LogP contribution in [0.3, 0.4) is 0 Å². The van der Waals surface area contributed by atoms with Gasteiger partial charge in [0.15, 0.2) is 6.04 Å². The molecular formula is C62H73N12O15S4+. The van der Waals surface area contributed by atoms with Gasteiger partial charge < -0.3 is 45.8 Å². The molecule has 11 atom stereocenters. The summed E-state index contributed by atoms with van der Waals surface area (Å²) in [6.07, 6.45) is 4.90. The average molecular weight is 1350 g/mol. The number of rotatable bonds is 24. The van der Waals surface area contributed by atoms with Gasteiger partial charge in [-0.15, -0.1) is 35.8 Å². The summed E-state index contributed by atoms with van der Waals surface area (Å²) in [5.74, 6) is -5.06. The lowest BCUT2D eigenvalue weighted by Crippen LogP contribution is -2.58. The smallest absolute Gasteiger partial charge is 0.327 e. The number of aromatic nitrogens is 4. The number of sulfonamides is 2. The number of para-hydroxylation sites is 4. The summed E-state index contributed by atoms with van der Waals surface area (Å²) in [5, 5.41) is 37.7. The molecule has 1 unspecified atom stereocenters. The first-order chi connectivity index (χ1) is 44.3. The second kappa shape index (κ2) is 27.9. The summed E-state index contributed by atoms with van der Waals surface area (Å²) in [6.45, 7) is 16.4. The fourth-order valence-electron chi connectivity index (χ4n) is 11.1. The molecule has 494 valence electrons. The van der Waals surface area contributed by atoms with Gasteiger partial charge in [0, 0.05) is 31.2 Å². The number of carboxylic acids is 1. The number of hydrogen-bond donors (Lipinski definition) is 10. The fraction of sp³-hybridized carbons (Fsp3) is 0.435. The molecule has 4 saturated carbocycles. The maximum atomic E-state index is 14.0. The van der Waals surface area contributed by atoms with Crippen LogP contribution in [-0.4, -0.2) is 164 Å². The Bertz CT molecular complexity index is 4040. The Morgan fingerprint density at radius 3 is 1.49 bits per heavy atom. The van der Waals surface area contributed by atoms with Crippen molar-refractivity contribution in [3.8, 4) is 32.9 Å². The van der Waals surface area contributed by atoms with Crippen LogP contribution >= 0.6 is 22.7 Å². The zero-order valence-corrected chi connectivity index (χ0v) is 54.2. The van der Waals surface area contributed by atoms with Gasteiger partial charge in [-0.1, -0.05) is 62.4 Å². The lowest BCUT2D eigenvalue weighted by molar-refractivity contribution is -0.144. The van der Waals surface area contributed by atoms with Gasteiger partial charge in [-0.05, 0) is 98.5 Å². The number of thiophene rings is 2. The predicted molar refractivity (Wildman–Crippen MR) is 344 cm³/mol. The minimum absolute atomic E-state index is 0.0135. The van der Waals surface area contributed by atoms with Gasteiger partial charge in [0.2, 0.25) is 49.5 Å². The van der Waals surface area contributed by atoms with Crippen LogP contribution in [0.1, 0.15) is 72.1 Å². The van der Waals surface area contributed by atoms with Crippen LogP contribution in [0.4, 0.5) is 0 Å². The van der Waals surface area contributed by atoms with Gasteiger partial charge in [0.1, 0.15) is 52.7 Å². The van der Waals surface area contributed by atoms with Crippen LogP contribution in [-0.2, 0) is 48.8 Å². The summed E-state index contributed by atoms with van der Waals surface area (Å²) in [4.78, 5) is 99.3. The van der Waals surface area contributed by atoms with Crippen molar-refractivity contribution < 1.29 is 70.6 Å². The van der Waals surface area contributed by atoms with Gasteiger partial charge in [-0.25, -0.2) is 36.8 Å². The highest BCUT2D eigenvalue weighted by molar-refractivity contribution is 7.91. The van der Waals surface area contributed by atoms with Gasteiger partial charge >= 0.3 is 5.97 Å². The average Bonchev–Trinajstić information content (AvgIpc) is 1.59. The molecular weight excluding hydrogens is 1280 g/mol. The third kappa shape index (κ3) is 15.2. The summed E-state index contributed by atoms with van der Waals surface area (Å²) in [5.41, 5.74) is 4.81. The topological polar surface area (TPSA) is 389 Å². The van der Waals surface area contributed by atoms with Crippen molar-refractivity contribution in [2.75, 3.05) is 13.1 Å². The van der Waals surface area contributed by atoms with E-state index in [1.165, 1.54) is 33.6 Å². The van der Waals surface area contributed by atoms with Gasteiger partial charge in [-0.2, -0.15) is 11.0 Å². The Hall–Kier alpha value is -8.01. The molecule has 93 heavy (non-hydrogen) atoms. The van der Waals surface area contributed by atoms with Crippen LogP contribution in [0.5, 0.6) is 11.8 Å². The number of nitrogens with zero attached hydrogens (tertiary/aromatic N) is 5. The number of carboxylic acid groups (broad SMARTS) is 1. The van der Waals surface area contributed by atoms with E-state index in [1.54, 1.807) is 32.3 Å². The monoisotopic (exact) mass is 1350 g/mol. The van der Waals surface area contributed by atoms with E-state index in [0.717, 1.165) is 15.3 Å². The first kappa shape index (κ1) is 67.9. The van der Waals surface area contributed by atoms with E-state index in [4.69, 9.17) is 39.7 Å². The SMILES string of the molecule is C=C[C@@H]1C[C@]1(NC(=O)[C@@H]1C[C@@H](Oc2nc3ccccc3nc2-c2cccs2)CN1)C(=O)NS(=O)(=O)C1CC1.C=C[C@@H]1C[C@]1(NC(=O)[C@@H]1C[C@@H](Oc2nc3ccccc3nc2-c2cccs2)CN1C(=O)[C@@H](NO)C(C)C)C(=O)NS(=O)(=O)C1CC1.[CH2+]C(C)[C@H](NO)C(=O)O. The normalized spacial score (nSPS) is 24.8. The first-order valence-corrected chi connectivity index (χ1v) is 35.1. The zero-order chi connectivity index (χ0) is 66.7. The third-order valence-corrected chi connectivity index (χ3v) is 22.3. The van der Waals surface area contributed by atoms with Crippen LogP contribution in [0.25, 0.3) is 43.2 Å². The second-order valence-corrected chi connectivity index (χ2v) is 30.1. The minimum Gasteiger partial charge on any atom is -0.480 e. The fourth-order valence-corrected chi connectivity index (χ4v) is 15.2. The van der Waals surface area contributed by atoms with E-state index in [0.29, 0.717) is 78.9 Å². The highest BCUT2D eigenvalue weighted by Crippen LogP contribution is 2.47. The predicted octanol–water partition coefficient (Wildman–Crippen LogP) is 4.40. The Morgan fingerprint density at radius 2 is 1.12 bits per heavy atom. The molecule has 2 aromatic carbocycles. The van der Waals surface area contributed by atoms with Crippen molar-refractivity contribution in [3.05, 3.63) is 116 Å². The summed E-state index contributed by atoms with van der Waals surface area (Å²) in [6, 6.07) is 18.9. The van der Waals surface area contributed by atoms with Crippen molar-refractivity contribution in [2.45, 2.75) is 130 Å². The zero-order valence-electron chi connectivity index (χ0n) is 51.0. The molecule has 4 aromatic heterocycles. The summed E-state index contributed by atoms with van der Waals surface area (Å²) < 4.78 is 66.7. The van der Waals surface area contributed by atoms with Gasteiger partial charge in [0.05, 0.1) is 61.8 Å². The van der Waals surface area contributed by atoms with Crippen molar-refractivity contribution in [2.24, 2.45) is 23.7 Å². The number of carbonyl (C=O) groups excluding carboxylic acids is 5. The maximum Gasteiger partial charge on any atom is 0.327 e. The maximum absolute atomic E-state index is 14.0. The highest BCUT2D eigenvalue weighted by atomic mass is 32.2. The van der Waals surface area contributed by atoms with Crippen molar-refractivity contribution in [1.29, 1.82) is 0 Å². The van der Waals surface area contributed by atoms with Crippen LogP contribution in [0.15, 0.2) is 109 Å². The van der Waals surface area contributed by atoms with Crippen molar-refractivity contribution in [1.82, 2.24) is 61.2 Å². The molecule has 2 saturated heterocycles. The minimum atomic E-state index is -3.86. The molecule has 10 N–H and O–H groups in total. The molecule has 31 heteroatoms. The number of amides is 5. The molecule has 0 bridgehead atoms. The highest BCUT2D eigenvalue weighted by Gasteiger charge is 2.63. The van der Waals surface area contributed by atoms with Crippen LogP contribution in [0, 0.1) is 30.6 Å². The molecule has 27 nitrogen and oxygen atoms in total. The van der Waals surface area contributed by atoms with E-state index < -0.39 is 107 Å². The van der Waals surface area contributed by atoms with Crippen molar-refractivity contribution >= 4 is 100 Å². The van der Waals surface area contributed by atoms with E-state index in [2.05, 4.69) is 51.0 Å². The van der Waals surface area contributed by atoms with Crippen molar-refractivity contribution in [3.63, 3.8) is 0 Å². The third-order valence-electron chi connectivity index (χ3n) is 16.9. The number of benzene rings is 2. The molecule has 2 aliphatic heterocycles. The number of ether oxygens (including phenoxy) is 2. The molecule has 12 rings (SSSR count). The number of fused-ring (bicyclic) bond motifs is 2. The Morgan fingerprint density at radius 1 is 0.667 bits per heavy atom. The van der Waals surface area contributed by atoms with E-state index in [1.807, 2.05) is 83.6 Å². The first-order valence-electron chi connectivity index (χ1n) is 30.2. The quantitative estimate of drug-likeness (QED) is 0.0228. The Labute approximate surface area is 544 Å². The van der Waals surface area contributed by atoms with Gasteiger partial charge in [0.25, 0.3) is 11.8 Å². The van der Waals surface area contributed by atoms with Gasteiger partial charge in [-0.3, -0.25) is 38.2 Å². The largest absolute Gasteiger partial charge is 0.480 e. The molecule has 6 heterocycles. The lowest BCUT2D eigenvalue weighted by Gasteiger charge is -2.30. The van der Waals surface area contributed by atoms with E-state index in [-0.39, 0.29) is 55.0 Å². The summed E-state index contributed by atoms with van der Waals surface area (Å²) >= 11 is 3.01. The molecule has 5 amide bonds. The van der Waals surface area contributed by atoms with E-state index >= 15 is 0 Å². The molecule has 6 fully saturated rings. The molecule has 6 aromatic rings. The number of likely N-dealkylation sites (tertiary alicyclic amines) is 1. The molecule has 0 radical (unpaired) electrons. The van der Waals surface area contributed by atoms with E-state index in [9.17, 15) is 50.8 Å². The Kier molecular flexibility index (Phi) is 20.4. The number of hydrogen-bond acceptors (Lipinski definition) is 23. The number of aliphatic carboxylic acids is 1. The molecule has 4 aliphatic carbocycles. The molecule has 6 aliphatic rings. The Balaban J connectivity index is 0.000000182. The second-order valence-electron chi connectivity index (χ2n) is 24.2. The standard InChI is InChI=1S/C31H36N6O7S2.C26H27N5O5S2.C5H9NO3/c1-4-18-15-31(18,30(40)36-46(42,43)20-11-12-20)34-27(38)23-14-19(16-37(23)29(39)25(35-41)17(2)3)44-28-26(24-10-7-13-45-24)32-21-8-5-6-9-22(21)33-28;1-2-15-13-26(15,25(33)31-38(34,35)17-9-10-17)30-23(32)20-12-16(14-27-20)36-24-22(21-8-5-11-37-21)28-18-6-3-4-7-19(18)29-24;1-3(2)4(6-9)5(7)8/h4-10,13,17-20,23,25,35,41H,1,11-12,14-16H2,2-3H3,(H,34,38)(H,36,40);2-8,11,15-17,20,27H,1,9-10,12-14H2,(H,30,32)(H,31,33);3-4,6,9H,1H2,2H3/p+1/t18-,19-,23+,25+,31-;15-,16-,20+,26-;3?,4-/m110/s1. The number of nitrogens with one attached hydrogen (secondary N) is 7. The van der Waals surface area contributed by atoms with Crippen LogP contribution in [0.2, 0.25) is 0 Å². The summed E-state index contributed by atoms with van der Waals surface area (Å²) in [7, 11) is -7.59. The lowest BCUT2D eigenvalue weighted by atomic mass is 10.0. The molecule has 0 spiro atoms. The number of carbonyl (C=O) groups is 6. The van der Waals surface area contributed by atoms with Crippen LogP contribution < -0.4 is 45.8 Å². The number of hydroxylamine groups is 2.